The van der Waals surface area contributed by atoms with Gasteiger partial charge in [-0.25, -0.2) is 0 Å². The topological polar surface area (TPSA) is 0 Å². The second kappa shape index (κ2) is 6.34. The summed E-state index contributed by atoms with van der Waals surface area (Å²) in [4.78, 5) is 0. The van der Waals surface area contributed by atoms with E-state index in [-0.39, 0.29) is 10.8 Å². The van der Waals surface area contributed by atoms with Gasteiger partial charge in [-0.15, -0.1) is 0 Å². The van der Waals surface area contributed by atoms with Gasteiger partial charge in [0.05, 0.1) is 5.41 Å². The lowest BCUT2D eigenvalue weighted by molar-refractivity contribution is 0.0650. The molecule has 2 saturated carbocycles. The molecule has 0 heteroatoms. The van der Waals surface area contributed by atoms with Crippen LogP contribution in [0.25, 0.3) is 0 Å². The molecule has 0 N–H and O–H groups in total. The Labute approximate surface area is 169 Å². The van der Waals surface area contributed by atoms with Crippen LogP contribution in [0.3, 0.4) is 0 Å². The maximum Gasteiger partial charge on any atom is 0.0512 e. The number of hydrogen-bond acceptors (Lipinski definition) is 0. The van der Waals surface area contributed by atoms with E-state index < -0.39 is 0 Å². The van der Waals surface area contributed by atoms with Crippen molar-refractivity contribution >= 4 is 0 Å². The minimum atomic E-state index is -0.120. The highest BCUT2D eigenvalue weighted by Gasteiger charge is 2.68. The van der Waals surface area contributed by atoms with Crippen molar-refractivity contribution in [2.75, 3.05) is 0 Å². The van der Waals surface area contributed by atoms with E-state index in [1.807, 2.05) is 0 Å². The van der Waals surface area contributed by atoms with Crippen LogP contribution in [0.2, 0.25) is 0 Å². The summed E-state index contributed by atoms with van der Waals surface area (Å²) >= 11 is 0. The fourth-order valence-electron chi connectivity index (χ4n) is 7.12. The first-order valence-electron chi connectivity index (χ1n) is 10.8. The minimum Gasteiger partial charge on any atom is -0.0622 e. The first kappa shape index (κ1) is 17.7. The maximum absolute atomic E-state index is 2.56. The SMILES string of the molecule is CC1(C)C2CCC1(C(c1ccccc1)(c1ccccc1)c1ccccc1)CC2. The maximum atomic E-state index is 2.56. The molecule has 0 atom stereocenters. The molecule has 2 aliphatic carbocycles. The molecule has 2 fully saturated rings. The zero-order valence-electron chi connectivity index (χ0n) is 17.1. The molecule has 3 aromatic carbocycles. The van der Waals surface area contributed by atoms with E-state index in [1.165, 1.54) is 42.4 Å². The van der Waals surface area contributed by atoms with Gasteiger partial charge in [0.2, 0.25) is 0 Å². The average Bonchev–Trinajstić information content (AvgIpc) is 3.16. The first-order valence-corrected chi connectivity index (χ1v) is 10.8. The van der Waals surface area contributed by atoms with Gasteiger partial charge < -0.3 is 0 Å². The second-order valence-electron chi connectivity index (χ2n) is 9.43. The molecule has 142 valence electrons. The van der Waals surface area contributed by atoms with Gasteiger partial charge in [0, 0.05) is 0 Å². The number of fused-ring (bicyclic) bond motifs is 2. The van der Waals surface area contributed by atoms with E-state index in [2.05, 4.69) is 105 Å². The highest BCUT2D eigenvalue weighted by atomic mass is 14.7. The monoisotopic (exact) mass is 366 g/mol. The van der Waals surface area contributed by atoms with Gasteiger partial charge in [-0.2, -0.15) is 0 Å². The van der Waals surface area contributed by atoms with Crippen molar-refractivity contribution in [2.24, 2.45) is 16.7 Å². The van der Waals surface area contributed by atoms with Gasteiger partial charge in [0.1, 0.15) is 0 Å². The third-order valence-electron chi connectivity index (χ3n) is 8.43. The average molecular weight is 367 g/mol. The van der Waals surface area contributed by atoms with Gasteiger partial charge in [-0.05, 0) is 59.1 Å². The molecule has 0 unspecified atom stereocenters. The molecule has 0 heterocycles. The van der Waals surface area contributed by atoms with Crippen LogP contribution in [0.4, 0.5) is 0 Å². The Morgan fingerprint density at radius 2 is 0.964 bits per heavy atom. The van der Waals surface area contributed by atoms with Crippen LogP contribution in [0.15, 0.2) is 91.0 Å². The summed E-state index contributed by atoms with van der Waals surface area (Å²) in [6, 6.07) is 34.0. The molecule has 3 aromatic rings. The van der Waals surface area contributed by atoms with Gasteiger partial charge in [0.25, 0.3) is 0 Å². The molecule has 0 saturated heterocycles. The molecule has 0 radical (unpaired) electrons. The van der Waals surface area contributed by atoms with Gasteiger partial charge in [-0.3, -0.25) is 0 Å². The van der Waals surface area contributed by atoms with Crippen molar-refractivity contribution in [3.05, 3.63) is 108 Å². The van der Waals surface area contributed by atoms with E-state index in [1.54, 1.807) is 0 Å². The van der Waals surface area contributed by atoms with Gasteiger partial charge in [0.15, 0.2) is 0 Å². The predicted molar refractivity (Wildman–Crippen MR) is 117 cm³/mol. The Hall–Kier alpha value is -2.34. The molecule has 28 heavy (non-hydrogen) atoms. The van der Waals surface area contributed by atoms with Crippen LogP contribution in [-0.4, -0.2) is 0 Å². The van der Waals surface area contributed by atoms with Crippen molar-refractivity contribution in [2.45, 2.75) is 44.9 Å². The van der Waals surface area contributed by atoms with Crippen molar-refractivity contribution in [1.82, 2.24) is 0 Å². The Balaban J connectivity index is 1.92. The van der Waals surface area contributed by atoms with Crippen molar-refractivity contribution in [3.63, 3.8) is 0 Å². The molecule has 0 spiro atoms. The molecule has 5 rings (SSSR count). The van der Waals surface area contributed by atoms with Crippen molar-refractivity contribution in [3.8, 4) is 0 Å². The molecule has 0 aliphatic heterocycles. The smallest absolute Gasteiger partial charge is 0.0512 e. The third-order valence-corrected chi connectivity index (χ3v) is 8.43. The zero-order valence-corrected chi connectivity index (χ0v) is 17.1. The van der Waals surface area contributed by atoms with Crippen LogP contribution in [0, 0.1) is 16.7 Å². The normalized spacial score (nSPS) is 25.7. The molecule has 0 aromatic heterocycles. The summed E-state index contributed by atoms with van der Waals surface area (Å²) in [7, 11) is 0. The first-order chi connectivity index (χ1) is 13.6. The summed E-state index contributed by atoms with van der Waals surface area (Å²) in [5.41, 5.74) is 4.77. The Morgan fingerprint density at radius 3 is 1.25 bits per heavy atom. The fourth-order valence-corrected chi connectivity index (χ4v) is 7.12. The van der Waals surface area contributed by atoms with Crippen LogP contribution in [0.1, 0.15) is 56.2 Å². The fraction of sp³-hybridized carbons (Fsp3) is 0.357. The zero-order chi connectivity index (χ0) is 19.2. The summed E-state index contributed by atoms with van der Waals surface area (Å²) in [6.07, 6.45) is 5.34. The van der Waals surface area contributed by atoms with E-state index in [0.717, 1.165) is 5.92 Å². The second-order valence-corrected chi connectivity index (χ2v) is 9.43. The van der Waals surface area contributed by atoms with Crippen molar-refractivity contribution in [1.29, 1.82) is 0 Å². The van der Waals surface area contributed by atoms with E-state index in [9.17, 15) is 0 Å². The molecule has 0 nitrogen and oxygen atoms in total. The van der Waals surface area contributed by atoms with Crippen molar-refractivity contribution < 1.29 is 0 Å². The van der Waals surface area contributed by atoms with E-state index >= 15 is 0 Å². The predicted octanol–water partition coefficient (Wildman–Crippen LogP) is 7.24. The summed E-state index contributed by atoms with van der Waals surface area (Å²) in [5, 5.41) is 0. The minimum absolute atomic E-state index is 0.120. The molecule has 0 amide bonds. The van der Waals surface area contributed by atoms with Crippen LogP contribution in [0.5, 0.6) is 0 Å². The summed E-state index contributed by atoms with van der Waals surface area (Å²) < 4.78 is 0. The number of rotatable bonds is 4. The summed E-state index contributed by atoms with van der Waals surface area (Å²) in [6.45, 7) is 5.11. The molecular formula is C28H30. The third kappa shape index (κ3) is 2.12. The Kier molecular flexibility index (Phi) is 4.02. The standard InChI is InChI=1S/C28H30/c1-26(2)22-18-20-27(26,21-19-22)28(23-12-6-3-7-13-23,24-14-8-4-9-15-24)25-16-10-5-11-17-25/h3-17,22H,18-21H2,1-2H3. The molecule has 2 bridgehead atoms. The lowest BCUT2D eigenvalue weighted by Gasteiger charge is -2.55. The highest BCUT2D eigenvalue weighted by Crippen LogP contribution is 2.74. The van der Waals surface area contributed by atoms with E-state index in [0.29, 0.717) is 5.41 Å². The Morgan fingerprint density at radius 1 is 0.607 bits per heavy atom. The summed E-state index contributed by atoms with van der Waals surface area (Å²) in [5.74, 6) is 0.836. The van der Waals surface area contributed by atoms with Gasteiger partial charge >= 0.3 is 0 Å². The molecule has 2 aliphatic rings. The largest absolute Gasteiger partial charge is 0.0622 e. The number of benzene rings is 3. The number of hydrogen-bond donors (Lipinski definition) is 0. The Bertz CT molecular complexity index is 832. The molecular weight excluding hydrogens is 336 g/mol. The van der Waals surface area contributed by atoms with Crippen LogP contribution < -0.4 is 0 Å². The van der Waals surface area contributed by atoms with Gasteiger partial charge in [-0.1, -0.05) is 105 Å². The van der Waals surface area contributed by atoms with Crippen LogP contribution in [-0.2, 0) is 5.41 Å². The van der Waals surface area contributed by atoms with Crippen LogP contribution >= 0.6 is 0 Å². The quantitative estimate of drug-likeness (QED) is 0.427. The lowest BCUT2D eigenvalue weighted by atomic mass is 9.47. The lowest BCUT2D eigenvalue weighted by Crippen LogP contribution is -2.51. The highest BCUT2D eigenvalue weighted by molar-refractivity contribution is 5.55. The van der Waals surface area contributed by atoms with E-state index in [4.69, 9.17) is 0 Å².